The molecule has 7 heteroatoms. The third-order valence-electron chi connectivity index (χ3n) is 6.45. The number of hydroxylamine groups is 2. The zero-order valence-electron chi connectivity index (χ0n) is 18.8. The van der Waals surface area contributed by atoms with E-state index >= 15 is 0 Å². The summed E-state index contributed by atoms with van der Waals surface area (Å²) in [5.41, 5.74) is 0.998. The second-order valence-corrected chi connectivity index (χ2v) is 9.13. The monoisotopic (exact) mass is 431 g/mol. The summed E-state index contributed by atoms with van der Waals surface area (Å²) in [6.07, 6.45) is 4.99. The van der Waals surface area contributed by atoms with Crippen molar-refractivity contribution in [3.8, 4) is 11.5 Å². The number of amides is 2. The number of benzene rings is 1. The molecular weight excluding hydrogens is 398 g/mol. The van der Waals surface area contributed by atoms with E-state index in [-0.39, 0.29) is 37.0 Å². The molecule has 2 heterocycles. The predicted octanol–water partition coefficient (Wildman–Crippen LogP) is 3.91. The first-order valence-electron chi connectivity index (χ1n) is 11.2. The van der Waals surface area contributed by atoms with Gasteiger partial charge in [-0.05, 0) is 50.3 Å². The molecule has 2 aliphatic heterocycles. The van der Waals surface area contributed by atoms with E-state index in [0.29, 0.717) is 17.6 Å². The Bertz CT molecular complexity index is 849. The number of imide groups is 1. The standard InChI is InChI=1S/C24H33NO6/c1-5-6-7-9-16-12-18(27)21-15(2)22(24(3,4)31-19(21)13-16)17-14-20(28)25(23(17)29)30-11-8-10-26/h10,12-13,15,17,22,27H,5-9,11,14H2,1-4H3. The molecule has 1 N–H and O–H groups in total. The Kier molecular flexibility index (Phi) is 7.04. The topological polar surface area (TPSA) is 93.1 Å². The largest absolute Gasteiger partial charge is 0.508 e. The number of aromatic hydroxyl groups is 1. The molecule has 3 atom stereocenters. The van der Waals surface area contributed by atoms with Gasteiger partial charge in [-0.3, -0.25) is 14.4 Å². The van der Waals surface area contributed by atoms with Crippen molar-refractivity contribution in [2.45, 2.75) is 77.7 Å². The number of phenolic OH excluding ortho intramolecular Hbond substituents is 1. The van der Waals surface area contributed by atoms with E-state index in [1.54, 1.807) is 6.07 Å². The minimum Gasteiger partial charge on any atom is -0.508 e. The van der Waals surface area contributed by atoms with Gasteiger partial charge in [-0.25, -0.2) is 0 Å². The van der Waals surface area contributed by atoms with Crippen LogP contribution in [0.25, 0.3) is 0 Å². The van der Waals surface area contributed by atoms with Gasteiger partial charge in [0.1, 0.15) is 23.4 Å². The van der Waals surface area contributed by atoms with Gasteiger partial charge in [-0.2, -0.15) is 5.06 Å². The third-order valence-corrected chi connectivity index (χ3v) is 6.45. The van der Waals surface area contributed by atoms with E-state index in [2.05, 4.69) is 6.92 Å². The molecule has 0 aliphatic carbocycles. The number of ether oxygens (including phenoxy) is 1. The third kappa shape index (κ3) is 4.61. The van der Waals surface area contributed by atoms with Crippen molar-refractivity contribution < 1.29 is 29.1 Å². The van der Waals surface area contributed by atoms with E-state index in [4.69, 9.17) is 9.57 Å². The number of fused-ring (bicyclic) bond motifs is 1. The second kappa shape index (κ2) is 9.39. The van der Waals surface area contributed by atoms with E-state index in [1.165, 1.54) is 0 Å². The summed E-state index contributed by atoms with van der Waals surface area (Å²) < 4.78 is 6.33. The molecule has 3 rings (SSSR count). The SMILES string of the molecule is CCCCCc1cc(O)c2c(c1)OC(C)(C)C(C1CC(=O)N(OCCC=O)C1=O)C2C. The molecule has 1 aromatic carbocycles. The number of aryl methyl sites for hydroxylation is 1. The molecule has 0 aromatic heterocycles. The van der Waals surface area contributed by atoms with Crippen LogP contribution in [-0.4, -0.2) is 40.5 Å². The van der Waals surface area contributed by atoms with Crippen LogP contribution in [0.3, 0.4) is 0 Å². The second-order valence-electron chi connectivity index (χ2n) is 9.13. The van der Waals surface area contributed by atoms with Crippen molar-refractivity contribution in [1.82, 2.24) is 5.06 Å². The van der Waals surface area contributed by atoms with Gasteiger partial charge in [0.15, 0.2) is 0 Å². The normalized spacial score (nSPS) is 24.8. The Labute approximate surface area is 183 Å². The van der Waals surface area contributed by atoms with Gasteiger partial charge in [0.25, 0.3) is 11.8 Å². The van der Waals surface area contributed by atoms with Crippen LogP contribution in [-0.2, 0) is 25.6 Å². The van der Waals surface area contributed by atoms with Crippen molar-refractivity contribution in [1.29, 1.82) is 0 Å². The van der Waals surface area contributed by atoms with Crippen molar-refractivity contribution >= 4 is 18.1 Å². The Balaban J connectivity index is 1.87. The highest BCUT2D eigenvalue weighted by Gasteiger charge is 2.54. The van der Waals surface area contributed by atoms with Crippen LogP contribution >= 0.6 is 0 Å². The van der Waals surface area contributed by atoms with Crippen molar-refractivity contribution in [3.05, 3.63) is 23.3 Å². The minimum atomic E-state index is -0.722. The number of nitrogens with zero attached hydrogens (tertiary/aromatic N) is 1. The van der Waals surface area contributed by atoms with Gasteiger partial charge in [0, 0.05) is 24.3 Å². The van der Waals surface area contributed by atoms with Gasteiger partial charge in [-0.1, -0.05) is 26.7 Å². The lowest BCUT2D eigenvalue weighted by molar-refractivity contribution is -0.190. The smallest absolute Gasteiger partial charge is 0.257 e. The number of rotatable bonds is 9. The summed E-state index contributed by atoms with van der Waals surface area (Å²) in [7, 11) is 0. The molecule has 0 saturated carbocycles. The van der Waals surface area contributed by atoms with Crippen LogP contribution in [0.15, 0.2) is 12.1 Å². The van der Waals surface area contributed by atoms with E-state index < -0.39 is 23.3 Å². The van der Waals surface area contributed by atoms with Crippen LogP contribution < -0.4 is 4.74 Å². The average molecular weight is 432 g/mol. The van der Waals surface area contributed by atoms with Crippen LogP contribution in [0, 0.1) is 11.8 Å². The summed E-state index contributed by atoms with van der Waals surface area (Å²) >= 11 is 0. The van der Waals surface area contributed by atoms with Gasteiger partial charge >= 0.3 is 0 Å². The molecule has 170 valence electrons. The Morgan fingerprint density at radius 3 is 2.71 bits per heavy atom. The lowest BCUT2D eigenvalue weighted by Gasteiger charge is -2.46. The predicted molar refractivity (Wildman–Crippen MR) is 115 cm³/mol. The highest BCUT2D eigenvalue weighted by molar-refractivity contribution is 6.02. The van der Waals surface area contributed by atoms with Crippen LogP contribution in [0.5, 0.6) is 11.5 Å². The Hall–Kier alpha value is -2.41. The summed E-state index contributed by atoms with van der Waals surface area (Å²) in [5, 5.41) is 11.6. The fraction of sp³-hybridized carbons (Fsp3) is 0.625. The Morgan fingerprint density at radius 2 is 2.03 bits per heavy atom. The fourth-order valence-corrected chi connectivity index (χ4v) is 5.14. The maximum Gasteiger partial charge on any atom is 0.257 e. The fourth-order valence-electron chi connectivity index (χ4n) is 5.14. The lowest BCUT2D eigenvalue weighted by atomic mass is 9.67. The van der Waals surface area contributed by atoms with E-state index in [1.807, 2.05) is 26.8 Å². The van der Waals surface area contributed by atoms with Crippen molar-refractivity contribution in [2.75, 3.05) is 6.61 Å². The summed E-state index contributed by atoms with van der Waals surface area (Å²) in [6.45, 7) is 7.95. The maximum atomic E-state index is 13.0. The summed E-state index contributed by atoms with van der Waals surface area (Å²) in [6, 6.07) is 3.79. The molecule has 0 radical (unpaired) electrons. The van der Waals surface area contributed by atoms with Crippen LogP contribution in [0.1, 0.15) is 76.8 Å². The number of carbonyl (C=O) groups is 3. The molecule has 3 unspecified atom stereocenters. The average Bonchev–Trinajstić information content (AvgIpc) is 2.95. The van der Waals surface area contributed by atoms with Crippen molar-refractivity contribution in [2.24, 2.45) is 11.8 Å². The molecule has 0 bridgehead atoms. The van der Waals surface area contributed by atoms with E-state index in [9.17, 15) is 19.5 Å². The van der Waals surface area contributed by atoms with Gasteiger partial charge < -0.3 is 14.6 Å². The van der Waals surface area contributed by atoms with Crippen LogP contribution in [0.4, 0.5) is 0 Å². The molecule has 2 aliphatic rings. The first-order valence-corrected chi connectivity index (χ1v) is 11.2. The van der Waals surface area contributed by atoms with Crippen LogP contribution in [0.2, 0.25) is 0 Å². The molecule has 31 heavy (non-hydrogen) atoms. The number of hydrogen-bond donors (Lipinski definition) is 1. The van der Waals surface area contributed by atoms with Gasteiger partial charge in [0.2, 0.25) is 0 Å². The van der Waals surface area contributed by atoms with Crippen molar-refractivity contribution in [3.63, 3.8) is 0 Å². The number of unbranched alkanes of at least 4 members (excludes halogenated alkanes) is 2. The number of hydrogen-bond acceptors (Lipinski definition) is 6. The molecule has 0 spiro atoms. The Morgan fingerprint density at radius 1 is 1.29 bits per heavy atom. The molecular formula is C24H33NO6. The maximum absolute atomic E-state index is 13.0. The zero-order valence-corrected chi connectivity index (χ0v) is 18.8. The zero-order chi connectivity index (χ0) is 22.8. The van der Waals surface area contributed by atoms with Gasteiger partial charge in [-0.15, -0.1) is 0 Å². The lowest BCUT2D eigenvalue weighted by Crippen LogP contribution is -2.49. The number of aldehydes is 1. The first-order chi connectivity index (χ1) is 14.7. The molecule has 1 aromatic rings. The first kappa shape index (κ1) is 23.3. The number of carbonyl (C=O) groups excluding carboxylic acids is 3. The highest BCUT2D eigenvalue weighted by atomic mass is 16.7. The molecule has 7 nitrogen and oxygen atoms in total. The summed E-state index contributed by atoms with van der Waals surface area (Å²) in [5.74, 6) is -1.14. The van der Waals surface area contributed by atoms with E-state index in [0.717, 1.165) is 36.3 Å². The quantitative estimate of drug-likeness (QED) is 0.362. The molecule has 1 fully saturated rings. The van der Waals surface area contributed by atoms with Gasteiger partial charge in [0.05, 0.1) is 12.5 Å². The molecule has 2 amide bonds. The summed E-state index contributed by atoms with van der Waals surface area (Å²) in [4.78, 5) is 41.2. The highest BCUT2D eigenvalue weighted by Crippen LogP contribution is 2.53. The minimum absolute atomic E-state index is 0.0156. The molecule has 1 saturated heterocycles. The number of phenols is 1.